The Labute approximate surface area is 102 Å². The van der Waals surface area contributed by atoms with Gasteiger partial charge < -0.3 is 4.42 Å². The molecule has 0 amide bonds. The maximum absolute atomic E-state index is 10.5. The number of hydrogen-bond donors (Lipinski definition) is 1. The van der Waals surface area contributed by atoms with E-state index in [2.05, 4.69) is 9.47 Å². The Balaban J connectivity index is 1.95. The van der Waals surface area contributed by atoms with E-state index in [-0.39, 0.29) is 5.75 Å². The van der Waals surface area contributed by atoms with Gasteiger partial charge in [0.05, 0.1) is 16.4 Å². The summed E-state index contributed by atoms with van der Waals surface area (Å²) in [6.07, 6.45) is 5.04. The topological polar surface area (TPSA) is 97.2 Å². The molecule has 0 radical (unpaired) electrons. The molecule has 0 saturated heterocycles. The molecule has 0 fully saturated rings. The van der Waals surface area contributed by atoms with Gasteiger partial charge in [-0.25, -0.2) is 4.98 Å². The second kappa shape index (κ2) is 4.90. The Hall–Kier alpha value is -1.32. The van der Waals surface area contributed by atoms with Crippen LogP contribution in [-0.2, 0) is 16.7 Å². The van der Waals surface area contributed by atoms with Crippen molar-refractivity contribution >= 4 is 21.7 Å². The normalized spacial score (nSPS) is 11.8. The van der Waals surface area contributed by atoms with Crippen LogP contribution in [0.25, 0.3) is 10.8 Å². The van der Waals surface area contributed by atoms with Gasteiger partial charge in [0.15, 0.2) is 11.4 Å². The number of oxazole rings is 1. The fourth-order valence-electron chi connectivity index (χ4n) is 1.23. The van der Waals surface area contributed by atoms with E-state index in [1.54, 1.807) is 10.9 Å². The second-order valence-corrected chi connectivity index (χ2v) is 5.66. The van der Waals surface area contributed by atoms with Crippen LogP contribution in [0.5, 0.6) is 0 Å². The Bertz CT molecular complexity index is 576. The molecule has 0 bridgehead atoms. The molecule has 2 rings (SSSR count). The van der Waals surface area contributed by atoms with Crippen LogP contribution in [0.4, 0.5) is 0 Å². The highest BCUT2D eigenvalue weighted by molar-refractivity contribution is 7.85. The minimum atomic E-state index is -3.90. The molecule has 1 N–H and O–H groups in total. The number of aryl methyl sites for hydroxylation is 1. The summed E-state index contributed by atoms with van der Waals surface area (Å²) in [5.74, 6) is 0.210. The van der Waals surface area contributed by atoms with E-state index in [1.807, 2.05) is 0 Å². The predicted octanol–water partition coefficient (Wildman–Crippen LogP) is 0.364. The molecular weight excluding hydrogens is 266 g/mol. The third-order valence-corrected chi connectivity index (χ3v) is 3.52. The predicted molar refractivity (Wildman–Crippen MR) is 58.8 cm³/mol. The van der Waals surface area contributed by atoms with Gasteiger partial charge in [-0.3, -0.25) is 4.55 Å². The molecule has 0 saturated carbocycles. The maximum Gasteiger partial charge on any atom is 0.265 e. The van der Waals surface area contributed by atoms with Gasteiger partial charge in [-0.1, -0.05) is 4.68 Å². The van der Waals surface area contributed by atoms with Crippen molar-refractivity contribution in [2.75, 3.05) is 5.75 Å². The van der Waals surface area contributed by atoms with Gasteiger partial charge in [0.2, 0.25) is 12.1 Å². The maximum atomic E-state index is 10.5. The highest BCUT2D eigenvalue weighted by Crippen LogP contribution is 2.17. The molecule has 92 valence electrons. The van der Waals surface area contributed by atoms with Gasteiger partial charge in [-0.2, -0.15) is 8.42 Å². The first-order valence-electron chi connectivity index (χ1n) is 4.76. The van der Waals surface area contributed by atoms with E-state index in [9.17, 15) is 8.42 Å². The van der Waals surface area contributed by atoms with Gasteiger partial charge >= 0.3 is 0 Å². The van der Waals surface area contributed by atoms with Crippen LogP contribution in [0.15, 0.2) is 23.1 Å². The van der Waals surface area contributed by atoms with E-state index < -0.39 is 10.1 Å². The van der Waals surface area contributed by atoms with Crippen molar-refractivity contribution in [3.8, 4) is 10.8 Å². The summed E-state index contributed by atoms with van der Waals surface area (Å²) in [7, 11) is -3.90. The Morgan fingerprint density at radius 1 is 1.53 bits per heavy atom. The zero-order chi connectivity index (χ0) is 12.3. The van der Waals surface area contributed by atoms with E-state index in [1.165, 1.54) is 24.0 Å². The summed E-state index contributed by atoms with van der Waals surface area (Å²) in [6, 6.07) is 0. The highest BCUT2D eigenvalue weighted by atomic mass is 32.2. The monoisotopic (exact) mass is 276 g/mol. The number of rotatable bonds is 5. The molecule has 2 heterocycles. The number of aromatic nitrogens is 3. The molecule has 7 nitrogen and oxygen atoms in total. The van der Waals surface area contributed by atoms with Gasteiger partial charge in [0.1, 0.15) is 6.26 Å². The van der Waals surface area contributed by atoms with Crippen molar-refractivity contribution in [2.24, 2.45) is 0 Å². The molecule has 0 aliphatic carbocycles. The summed E-state index contributed by atoms with van der Waals surface area (Å²) >= 11 is 1.21. The number of nitrogens with zero attached hydrogens (tertiary/aromatic N) is 3. The molecular formula is C8H10N3O4S2+. The zero-order valence-electron chi connectivity index (χ0n) is 8.68. The first-order chi connectivity index (χ1) is 8.04. The third-order valence-electron chi connectivity index (χ3n) is 1.94. The number of hydrogen-bond acceptors (Lipinski definition) is 6. The smallest absolute Gasteiger partial charge is 0.265 e. The minimum absolute atomic E-state index is 0.272. The van der Waals surface area contributed by atoms with Crippen LogP contribution in [-0.4, -0.2) is 28.2 Å². The SMILES string of the molecule is O=S(=O)(O)CCC[n+]1cc(-c2ncco2)sn1. The lowest BCUT2D eigenvalue weighted by Gasteiger charge is -1.90. The fraction of sp³-hybridized carbons (Fsp3) is 0.375. The van der Waals surface area contributed by atoms with E-state index in [0.29, 0.717) is 18.9 Å². The van der Waals surface area contributed by atoms with Gasteiger partial charge in [-0.15, -0.1) is 0 Å². The van der Waals surface area contributed by atoms with Crippen molar-refractivity contribution in [1.82, 2.24) is 9.47 Å². The molecule has 0 spiro atoms. The molecule has 2 aromatic rings. The van der Waals surface area contributed by atoms with Crippen molar-refractivity contribution in [3.63, 3.8) is 0 Å². The molecule has 0 aliphatic heterocycles. The zero-order valence-corrected chi connectivity index (χ0v) is 10.3. The summed E-state index contributed by atoms with van der Waals surface area (Å²) in [5.41, 5.74) is 0. The molecule has 17 heavy (non-hydrogen) atoms. The van der Waals surface area contributed by atoms with Crippen LogP contribution in [0, 0.1) is 0 Å². The van der Waals surface area contributed by atoms with E-state index >= 15 is 0 Å². The van der Waals surface area contributed by atoms with E-state index in [0.717, 1.165) is 4.88 Å². The molecule has 0 atom stereocenters. The molecule has 2 aromatic heterocycles. The van der Waals surface area contributed by atoms with Gasteiger partial charge in [0.25, 0.3) is 10.1 Å². The van der Waals surface area contributed by atoms with Crippen molar-refractivity contribution in [3.05, 3.63) is 18.7 Å². The molecule has 0 aliphatic rings. The van der Waals surface area contributed by atoms with Crippen LogP contribution in [0.1, 0.15) is 6.42 Å². The van der Waals surface area contributed by atoms with Gasteiger partial charge in [-0.05, 0) is 0 Å². The van der Waals surface area contributed by atoms with Crippen LogP contribution in [0.2, 0.25) is 0 Å². The average Bonchev–Trinajstić information content (AvgIpc) is 2.83. The van der Waals surface area contributed by atoms with Crippen molar-refractivity contribution in [2.45, 2.75) is 13.0 Å². The minimum Gasteiger partial charge on any atom is -0.444 e. The Morgan fingerprint density at radius 3 is 3.00 bits per heavy atom. The van der Waals surface area contributed by atoms with Crippen LogP contribution < -0.4 is 4.68 Å². The van der Waals surface area contributed by atoms with Crippen LogP contribution >= 0.6 is 11.5 Å². The van der Waals surface area contributed by atoms with Crippen molar-refractivity contribution in [1.29, 1.82) is 0 Å². The third kappa shape index (κ3) is 3.58. The van der Waals surface area contributed by atoms with Gasteiger partial charge in [0, 0.05) is 18.0 Å². The molecule has 9 heteroatoms. The lowest BCUT2D eigenvalue weighted by atomic mass is 10.5. The summed E-state index contributed by atoms with van der Waals surface area (Å²) in [4.78, 5) is 4.74. The standard InChI is InChI=1S/C8H9N3O4S2/c12-17(13,14)5-1-3-11-6-7(16-10-11)8-9-2-4-15-8/h2,4,6H,1,3,5H2/p+1. The summed E-state index contributed by atoms with van der Waals surface area (Å²) in [5, 5.41) is 0. The van der Waals surface area contributed by atoms with Crippen LogP contribution in [0.3, 0.4) is 0 Å². The Kier molecular flexibility index (Phi) is 3.50. The van der Waals surface area contributed by atoms with Crippen molar-refractivity contribution < 1.29 is 22.1 Å². The fourth-order valence-corrected chi connectivity index (χ4v) is 2.40. The lowest BCUT2D eigenvalue weighted by Crippen LogP contribution is -2.35. The second-order valence-electron chi connectivity index (χ2n) is 3.31. The lowest BCUT2D eigenvalue weighted by molar-refractivity contribution is -0.745. The largest absolute Gasteiger partial charge is 0.444 e. The molecule has 0 aromatic carbocycles. The first kappa shape index (κ1) is 12.1. The van der Waals surface area contributed by atoms with E-state index in [4.69, 9.17) is 8.97 Å². The summed E-state index contributed by atoms with van der Waals surface area (Å²) in [6.45, 7) is 0.414. The summed E-state index contributed by atoms with van der Waals surface area (Å²) < 4.78 is 40.4. The first-order valence-corrected chi connectivity index (χ1v) is 7.14. The quantitative estimate of drug-likeness (QED) is 0.625. The molecule has 0 unspecified atom stereocenters. The average molecular weight is 276 g/mol. The Morgan fingerprint density at radius 2 is 2.35 bits per heavy atom. The highest BCUT2D eigenvalue weighted by Gasteiger charge is 2.15.